The summed E-state index contributed by atoms with van der Waals surface area (Å²) in [5, 5.41) is 0. The van der Waals surface area contributed by atoms with E-state index in [0.29, 0.717) is 12.8 Å². The molecule has 1 fully saturated rings. The van der Waals surface area contributed by atoms with Crippen molar-refractivity contribution in [2.45, 2.75) is 32.0 Å². The first kappa shape index (κ1) is 7.48. The quantitative estimate of drug-likeness (QED) is 0.513. The molecule has 1 heterocycles. The van der Waals surface area contributed by atoms with E-state index in [1.165, 1.54) is 0 Å². The van der Waals surface area contributed by atoms with Crippen molar-refractivity contribution in [3.63, 3.8) is 0 Å². The van der Waals surface area contributed by atoms with Crippen molar-refractivity contribution in [2.24, 2.45) is 0 Å². The smallest absolute Gasteiger partial charge is 0.138 e. The third-order valence-electron chi connectivity index (χ3n) is 1.61. The second kappa shape index (κ2) is 2.97. The number of rotatable bonds is 1. The van der Waals surface area contributed by atoms with Crippen molar-refractivity contribution in [3.8, 4) is 0 Å². The number of carbonyl (C=O) groups is 1. The van der Waals surface area contributed by atoms with E-state index in [1.807, 2.05) is 6.92 Å². The molecule has 1 saturated heterocycles. The van der Waals surface area contributed by atoms with Gasteiger partial charge in [0.05, 0.1) is 12.2 Å². The third kappa shape index (κ3) is 1.67. The Bertz CT molecular complexity index is 151. The lowest BCUT2D eigenvalue weighted by Gasteiger charge is -2.24. The third-order valence-corrected chi connectivity index (χ3v) is 1.61. The topological polar surface area (TPSA) is 26.3 Å². The fourth-order valence-corrected chi connectivity index (χ4v) is 1.16. The fraction of sp³-hybridized carbons (Fsp3) is 0.625. The molecule has 0 N–H and O–H groups in total. The summed E-state index contributed by atoms with van der Waals surface area (Å²) in [4.78, 5) is 10.9. The molecule has 0 amide bonds. The van der Waals surface area contributed by atoms with Crippen LogP contribution in [0.4, 0.5) is 0 Å². The number of Topliss-reactive ketones (excluding diaryl/α,β-unsaturated/α-hetero) is 1. The van der Waals surface area contributed by atoms with E-state index in [0.717, 1.165) is 0 Å². The Morgan fingerprint density at radius 3 is 2.90 bits per heavy atom. The molecule has 0 aromatic heterocycles. The van der Waals surface area contributed by atoms with Crippen LogP contribution in [-0.2, 0) is 9.53 Å². The van der Waals surface area contributed by atoms with Crippen molar-refractivity contribution < 1.29 is 9.53 Å². The molecule has 2 atom stereocenters. The van der Waals surface area contributed by atoms with Crippen LogP contribution in [0.2, 0.25) is 0 Å². The second-order valence-electron chi connectivity index (χ2n) is 2.67. The molecule has 0 aromatic rings. The summed E-state index contributed by atoms with van der Waals surface area (Å²) in [6.45, 7) is 5.49. The van der Waals surface area contributed by atoms with Gasteiger partial charge in [-0.1, -0.05) is 6.08 Å². The highest BCUT2D eigenvalue weighted by Gasteiger charge is 2.22. The lowest BCUT2D eigenvalue weighted by molar-refractivity contribution is -0.131. The second-order valence-corrected chi connectivity index (χ2v) is 2.67. The van der Waals surface area contributed by atoms with E-state index in [4.69, 9.17) is 4.74 Å². The van der Waals surface area contributed by atoms with Gasteiger partial charge < -0.3 is 4.74 Å². The molecule has 2 nitrogen and oxygen atoms in total. The molecule has 0 saturated carbocycles. The van der Waals surface area contributed by atoms with Crippen molar-refractivity contribution in [3.05, 3.63) is 12.7 Å². The van der Waals surface area contributed by atoms with Gasteiger partial charge >= 0.3 is 0 Å². The van der Waals surface area contributed by atoms with Gasteiger partial charge in [0.15, 0.2) is 0 Å². The Labute approximate surface area is 60.9 Å². The fourth-order valence-electron chi connectivity index (χ4n) is 1.16. The lowest BCUT2D eigenvalue weighted by Crippen LogP contribution is -2.29. The highest BCUT2D eigenvalue weighted by molar-refractivity contribution is 5.80. The molecule has 0 bridgehead atoms. The van der Waals surface area contributed by atoms with E-state index in [2.05, 4.69) is 6.58 Å². The van der Waals surface area contributed by atoms with E-state index in [-0.39, 0.29) is 18.0 Å². The average Bonchev–Trinajstić information content (AvgIpc) is 1.85. The standard InChI is InChI=1S/C8H12O2/c1-3-8-5-7(9)4-6(2)10-8/h3,6,8H,1,4-5H2,2H3/t6-,8-/m1/s1. The van der Waals surface area contributed by atoms with Gasteiger partial charge in [-0.3, -0.25) is 4.79 Å². The van der Waals surface area contributed by atoms with Crippen molar-refractivity contribution in [2.75, 3.05) is 0 Å². The zero-order valence-electron chi connectivity index (χ0n) is 6.17. The van der Waals surface area contributed by atoms with Gasteiger partial charge in [0.2, 0.25) is 0 Å². The minimum Gasteiger partial charge on any atom is -0.370 e. The minimum absolute atomic E-state index is 0.0451. The van der Waals surface area contributed by atoms with E-state index in [1.54, 1.807) is 6.08 Å². The van der Waals surface area contributed by atoms with Gasteiger partial charge in [-0.2, -0.15) is 0 Å². The molecule has 56 valence electrons. The number of hydrogen-bond acceptors (Lipinski definition) is 2. The molecule has 0 radical (unpaired) electrons. The van der Waals surface area contributed by atoms with Gasteiger partial charge in [-0.15, -0.1) is 6.58 Å². The monoisotopic (exact) mass is 140 g/mol. The summed E-state index contributed by atoms with van der Waals surface area (Å²) in [6, 6.07) is 0. The van der Waals surface area contributed by atoms with E-state index in [9.17, 15) is 4.79 Å². The summed E-state index contributed by atoms with van der Waals surface area (Å²) in [6.07, 6.45) is 2.78. The molecular weight excluding hydrogens is 128 g/mol. The molecule has 1 aliphatic heterocycles. The Morgan fingerprint density at radius 2 is 2.40 bits per heavy atom. The molecule has 0 spiro atoms. The predicted molar refractivity (Wildman–Crippen MR) is 38.8 cm³/mol. The van der Waals surface area contributed by atoms with Crippen LogP contribution in [0.25, 0.3) is 0 Å². The number of ketones is 1. The molecule has 1 aliphatic rings. The molecule has 2 heteroatoms. The summed E-state index contributed by atoms with van der Waals surface area (Å²) >= 11 is 0. The molecule has 0 unspecified atom stereocenters. The number of ether oxygens (including phenoxy) is 1. The molecule has 0 aliphatic carbocycles. The van der Waals surface area contributed by atoms with Gasteiger partial charge in [0.1, 0.15) is 5.78 Å². The Balaban J connectivity index is 2.50. The zero-order chi connectivity index (χ0) is 7.56. The first-order valence-corrected chi connectivity index (χ1v) is 3.52. The Kier molecular flexibility index (Phi) is 2.22. The lowest BCUT2D eigenvalue weighted by atomic mass is 10.0. The maximum Gasteiger partial charge on any atom is 0.138 e. The SMILES string of the molecule is C=C[C@@H]1CC(=O)C[C@@H](C)O1. The summed E-state index contributed by atoms with van der Waals surface area (Å²) in [7, 11) is 0. The van der Waals surface area contributed by atoms with Gasteiger partial charge in [0.25, 0.3) is 0 Å². The van der Waals surface area contributed by atoms with E-state index < -0.39 is 0 Å². The Morgan fingerprint density at radius 1 is 1.70 bits per heavy atom. The van der Waals surface area contributed by atoms with Crippen molar-refractivity contribution in [1.82, 2.24) is 0 Å². The van der Waals surface area contributed by atoms with Crippen LogP contribution in [0, 0.1) is 0 Å². The molecule has 10 heavy (non-hydrogen) atoms. The number of carbonyl (C=O) groups excluding carboxylic acids is 1. The van der Waals surface area contributed by atoms with Crippen LogP contribution in [0.15, 0.2) is 12.7 Å². The highest BCUT2D eigenvalue weighted by Crippen LogP contribution is 2.15. The maximum absolute atomic E-state index is 10.9. The highest BCUT2D eigenvalue weighted by atomic mass is 16.5. The van der Waals surface area contributed by atoms with Gasteiger partial charge in [-0.05, 0) is 6.92 Å². The van der Waals surface area contributed by atoms with Crippen molar-refractivity contribution >= 4 is 5.78 Å². The van der Waals surface area contributed by atoms with Crippen LogP contribution >= 0.6 is 0 Å². The minimum atomic E-state index is -0.0451. The molecule has 0 aromatic carbocycles. The summed E-state index contributed by atoms with van der Waals surface area (Å²) in [5.74, 6) is 0.281. The van der Waals surface area contributed by atoms with Crippen LogP contribution in [-0.4, -0.2) is 18.0 Å². The van der Waals surface area contributed by atoms with Crippen LogP contribution < -0.4 is 0 Å². The van der Waals surface area contributed by atoms with Gasteiger partial charge in [-0.25, -0.2) is 0 Å². The summed E-state index contributed by atoms with van der Waals surface area (Å²) < 4.78 is 5.37. The first-order chi connectivity index (χ1) is 4.72. The van der Waals surface area contributed by atoms with Crippen LogP contribution in [0.5, 0.6) is 0 Å². The predicted octanol–water partition coefficient (Wildman–Crippen LogP) is 1.31. The zero-order valence-corrected chi connectivity index (χ0v) is 6.17. The Hall–Kier alpha value is -0.630. The maximum atomic E-state index is 10.9. The largest absolute Gasteiger partial charge is 0.370 e. The normalized spacial score (nSPS) is 33.9. The van der Waals surface area contributed by atoms with Gasteiger partial charge in [0, 0.05) is 12.8 Å². The first-order valence-electron chi connectivity index (χ1n) is 3.52. The molecule has 1 rings (SSSR count). The average molecular weight is 140 g/mol. The van der Waals surface area contributed by atoms with Crippen LogP contribution in [0.3, 0.4) is 0 Å². The number of hydrogen-bond donors (Lipinski definition) is 0. The summed E-state index contributed by atoms with van der Waals surface area (Å²) in [5.41, 5.74) is 0. The van der Waals surface area contributed by atoms with Crippen molar-refractivity contribution in [1.29, 1.82) is 0 Å². The van der Waals surface area contributed by atoms with E-state index >= 15 is 0 Å². The van der Waals surface area contributed by atoms with Crippen LogP contribution in [0.1, 0.15) is 19.8 Å². The molecular formula is C8H12O2.